The highest BCUT2D eigenvalue weighted by molar-refractivity contribution is 6.33. The van der Waals surface area contributed by atoms with Crippen molar-refractivity contribution in [3.05, 3.63) is 53.6 Å². The number of rotatable bonds is 4. The highest BCUT2D eigenvalue weighted by Crippen LogP contribution is 2.39. The van der Waals surface area contributed by atoms with Crippen molar-refractivity contribution >= 4 is 28.7 Å². The first-order chi connectivity index (χ1) is 12.7. The third kappa shape index (κ3) is 3.68. The summed E-state index contributed by atoms with van der Waals surface area (Å²) in [4.78, 5) is 9.88. The molecule has 2 aliphatic heterocycles. The summed E-state index contributed by atoms with van der Waals surface area (Å²) in [6, 6.07) is 16.8. The normalized spacial score (nSPS) is 18.8. The maximum absolute atomic E-state index is 6.47. The van der Waals surface area contributed by atoms with Crippen LogP contribution in [-0.4, -0.2) is 69.2 Å². The molecule has 138 valence electrons. The Kier molecular flexibility index (Phi) is 5.34. The van der Waals surface area contributed by atoms with Crippen molar-refractivity contribution in [2.75, 3.05) is 69.2 Å². The molecule has 0 aromatic heterocycles. The predicted octanol–water partition coefficient (Wildman–Crippen LogP) is 3.55. The number of hydrogen-bond donors (Lipinski definition) is 0. The number of nitrogens with zero attached hydrogens (tertiary/aromatic N) is 4. The molecule has 2 aromatic rings. The zero-order valence-electron chi connectivity index (χ0n) is 15.4. The molecule has 5 heteroatoms. The molecule has 0 radical (unpaired) electrons. The number of anilines is 3. The molecule has 0 amide bonds. The summed E-state index contributed by atoms with van der Waals surface area (Å²) in [5.74, 6) is 0. The van der Waals surface area contributed by atoms with E-state index in [1.807, 2.05) is 12.1 Å². The molecule has 1 fully saturated rings. The van der Waals surface area contributed by atoms with Gasteiger partial charge in [0.25, 0.3) is 0 Å². The lowest BCUT2D eigenvalue weighted by Gasteiger charge is -2.40. The predicted molar refractivity (Wildman–Crippen MR) is 111 cm³/mol. The molecule has 0 atom stereocenters. The fourth-order valence-corrected chi connectivity index (χ4v) is 4.15. The molecule has 2 aliphatic rings. The lowest BCUT2D eigenvalue weighted by atomic mass is 10.1. The average molecular weight is 371 g/mol. The topological polar surface area (TPSA) is 13.0 Å². The molecule has 0 aliphatic carbocycles. The molecule has 2 heterocycles. The van der Waals surface area contributed by atoms with E-state index in [0.29, 0.717) is 0 Å². The summed E-state index contributed by atoms with van der Waals surface area (Å²) < 4.78 is 0. The van der Waals surface area contributed by atoms with Crippen LogP contribution in [0.4, 0.5) is 17.1 Å². The summed E-state index contributed by atoms with van der Waals surface area (Å²) in [5, 5.41) is 0.813. The molecule has 2 aromatic carbocycles. The number of piperazine rings is 1. The van der Waals surface area contributed by atoms with Gasteiger partial charge in [0.15, 0.2) is 0 Å². The number of halogens is 1. The van der Waals surface area contributed by atoms with E-state index in [2.05, 4.69) is 63.0 Å². The monoisotopic (exact) mass is 370 g/mol. The van der Waals surface area contributed by atoms with E-state index >= 15 is 0 Å². The van der Waals surface area contributed by atoms with Gasteiger partial charge in [-0.2, -0.15) is 0 Å². The fraction of sp³-hybridized carbons (Fsp3) is 0.429. The first kappa shape index (κ1) is 17.7. The molecule has 0 bridgehead atoms. The Morgan fingerprint density at radius 2 is 1.38 bits per heavy atom. The molecule has 4 rings (SSSR count). The van der Waals surface area contributed by atoms with E-state index in [1.165, 1.54) is 37.6 Å². The summed E-state index contributed by atoms with van der Waals surface area (Å²) in [7, 11) is 2.21. The van der Waals surface area contributed by atoms with Gasteiger partial charge in [-0.25, -0.2) is 0 Å². The highest BCUT2D eigenvalue weighted by Gasteiger charge is 2.25. The van der Waals surface area contributed by atoms with Crippen LogP contribution in [0.25, 0.3) is 0 Å². The van der Waals surface area contributed by atoms with Crippen LogP contribution in [0.5, 0.6) is 0 Å². The van der Waals surface area contributed by atoms with Crippen molar-refractivity contribution < 1.29 is 0 Å². The molecule has 1 saturated heterocycles. The van der Waals surface area contributed by atoms with E-state index in [-0.39, 0.29) is 0 Å². The van der Waals surface area contributed by atoms with Gasteiger partial charge in [0.1, 0.15) is 0 Å². The van der Waals surface area contributed by atoms with Crippen molar-refractivity contribution in [2.24, 2.45) is 0 Å². The van der Waals surface area contributed by atoms with Gasteiger partial charge < -0.3 is 14.7 Å². The van der Waals surface area contributed by atoms with Gasteiger partial charge >= 0.3 is 0 Å². The van der Waals surface area contributed by atoms with Crippen molar-refractivity contribution in [3.8, 4) is 0 Å². The van der Waals surface area contributed by atoms with Gasteiger partial charge in [-0.1, -0.05) is 35.9 Å². The first-order valence-electron chi connectivity index (χ1n) is 9.49. The van der Waals surface area contributed by atoms with E-state index in [4.69, 9.17) is 11.6 Å². The molecule has 0 N–H and O–H groups in total. The smallest absolute Gasteiger partial charge is 0.0649 e. The second-order valence-electron chi connectivity index (χ2n) is 7.22. The van der Waals surface area contributed by atoms with Gasteiger partial charge in [-0.3, -0.25) is 4.90 Å². The lowest BCUT2D eigenvalue weighted by molar-refractivity contribution is 0.157. The summed E-state index contributed by atoms with van der Waals surface area (Å²) >= 11 is 6.47. The van der Waals surface area contributed by atoms with Crippen LogP contribution in [0.2, 0.25) is 5.02 Å². The first-order valence-corrected chi connectivity index (χ1v) is 9.87. The standard InChI is InChI=1S/C21H27ClN4/c1-23-10-12-24(13-11-23)14-15-25-16-17-26(19-7-3-2-6-18(19)22)21-9-5-4-8-20(21)25/h2-9H,10-17H2,1H3. The van der Waals surface area contributed by atoms with Crippen molar-refractivity contribution in [2.45, 2.75) is 0 Å². The van der Waals surface area contributed by atoms with Crippen LogP contribution in [0.15, 0.2) is 48.5 Å². The van der Waals surface area contributed by atoms with Crippen molar-refractivity contribution in [3.63, 3.8) is 0 Å². The Morgan fingerprint density at radius 3 is 2.12 bits per heavy atom. The molecule has 4 nitrogen and oxygen atoms in total. The molecule has 0 spiro atoms. The zero-order valence-corrected chi connectivity index (χ0v) is 16.2. The van der Waals surface area contributed by atoms with E-state index in [1.54, 1.807) is 0 Å². The SMILES string of the molecule is CN1CCN(CCN2CCN(c3ccccc3Cl)c3ccccc32)CC1. The summed E-state index contributed by atoms with van der Waals surface area (Å²) in [5.41, 5.74) is 3.67. The van der Waals surface area contributed by atoms with E-state index in [0.717, 1.165) is 36.9 Å². The molecule has 0 saturated carbocycles. The molecular weight excluding hydrogens is 344 g/mol. The van der Waals surface area contributed by atoms with E-state index in [9.17, 15) is 0 Å². The zero-order chi connectivity index (χ0) is 17.9. The van der Waals surface area contributed by atoms with Gasteiger partial charge in [0.05, 0.1) is 22.1 Å². The third-order valence-corrected chi connectivity index (χ3v) is 5.85. The Morgan fingerprint density at radius 1 is 0.731 bits per heavy atom. The minimum Gasteiger partial charge on any atom is -0.367 e. The summed E-state index contributed by atoms with van der Waals surface area (Å²) in [6.45, 7) is 8.91. The number of fused-ring (bicyclic) bond motifs is 1. The largest absolute Gasteiger partial charge is 0.367 e. The highest BCUT2D eigenvalue weighted by atomic mass is 35.5. The third-order valence-electron chi connectivity index (χ3n) is 5.53. The van der Waals surface area contributed by atoms with Crippen LogP contribution >= 0.6 is 11.6 Å². The maximum Gasteiger partial charge on any atom is 0.0649 e. The van der Waals surface area contributed by atoms with Gasteiger partial charge in [-0.15, -0.1) is 0 Å². The van der Waals surface area contributed by atoms with Crippen LogP contribution in [0.3, 0.4) is 0 Å². The van der Waals surface area contributed by atoms with E-state index < -0.39 is 0 Å². The summed E-state index contributed by atoms with van der Waals surface area (Å²) in [6.07, 6.45) is 0. The maximum atomic E-state index is 6.47. The molecule has 0 unspecified atom stereocenters. The van der Waals surface area contributed by atoms with Crippen LogP contribution in [0.1, 0.15) is 0 Å². The van der Waals surface area contributed by atoms with Crippen molar-refractivity contribution in [1.29, 1.82) is 0 Å². The molecule has 26 heavy (non-hydrogen) atoms. The minimum absolute atomic E-state index is 0.813. The number of benzene rings is 2. The van der Waals surface area contributed by atoms with Crippen LogP contribution in [-0.2, 0) is 0 Å². The minimum atomic E-state index is 0.813. The Balaban J connectivity index is 1.50. The van der Waals surface area contributed by atoms with Crippen LogP contribution < -0.4 is 9.80 Å². The Labute approximate surface area is 161 Å². The molecular formula is C21H27ClN4. The van der Waals surface area contributed by atoms with Gasteiger partial charge in [0, 0.05) is 52.4 Å². The lowest BCUT2D eigenvalue weighted by Crippen LogP contribution is -2.48. The number of para-hydroxylation sites is 3. The van der Waals surface area contributed by atoms with Crippen LogP contribution in [0, 0.1) is 0 Å². The fourth-order valence-electron chi connectivity index (χ4n) is 3.91. The van der Waals surface area contributed by atoms with Gasteiger partial charge in [-0.05, 0) is 31.3 Å². The quantitative estimate of drug-likeness (QED) is 0.816. The number of hydrogen-bond acceptors (Lipinski definition) is 4. The Bertz CT molecular complexity index is 742. The number of likely N-dealkylation sites (N-methyl/N-ethyl adjacent to an activating group) is 1. The Hall–Kier alpha value is -1.75. The van der Waals surface area contributed by atoms with Crippen molar-refractivity contribution in [1.82, 2.24) is 9.80 Å². The van der Waals surface area contributed by atoms with Gasteiger partial charge in [0.2, 0.25) is 0 Å². The average Bonchev–Trinajstić information content (AvgIpc) is 2.68. The second-order valence-corrected chi connectivity index (χ2v) is 7.63. The second kappa shape index (κ2) is 7.87.